The van der Waals surface area contributed by atoms with E-state index in [4.69, 9.17) is 0 Å². The van der Waals surface area contributed by atoms with E-state index in [-0.39, 0.29) is 0 Å². The van der Waals surface area contributed by atoms with Gasteiger partial charge in [-0.05, 0) is 26.2 Å². The molecule has 0 aromatic carbocycles. The van der Waals surface area contributed by atoms with Crippen molar-refractivity contribution in [2.24, 2.45) is 0 Å². The Hall–Kier alpha value is -1.03. The van der Waals surface area contributed by atoms with Crippen LogP contribution in [0.15, 0.2) is 12.0 Å². The van der Waals surface area contributed by atoms with E-state index in [1.165, 1.54) is 12.8 Å². The van der Waals surface area contributed by atoms with Gasteiger partial charge in [0.15, 0.2) is 0 Å². The molecule has 0 aliphatic rings. The van der Waals surface area contributed by atoms with E-state index in [9.17, 15) is 15.0 Å². The third-order valence-electron chi connectivity index (χ3n) is 4.66. The number of rotatable bonds is 14. The highest BCUT2D eigenvalue weighted by Gasteiger charge is 2.33. The third kappa shape index (κ3) is 8.40. The second-order valence-electron chi connectivity index (χ2n) is 6.68. The molecular formula is C19H37NO3. The van der Waals surface area contributed by atoms with Crippen molar-refractivity contribution in [2.75, 3.05) is 13.1 Å². The number of aliphatic hydroxyl groups is 1. The summed E-state index contributed by atoms with van der Waals surface area (Å²) in [6, 6.07) is -0.633. The van der Waals surface area contributed by atoms with Gasteiger partial charge in [0.2, 0.25) is 0 Å². The summed E-state index contributed by atoms with van der Waals surface area (Å²) in [7, 11) is 0. The van der Waals surface area contributed by atoms with Crippen molar-refractivity contribution in [1.82, 2.24) is 0 Å². The van der Waals surface area contributed by atoms with Crippen molar-refractivity contribution in [2.45, 2.75) is 91.5 Å². The van der Waals surface area contributed by atoms with Gasteiger partial charge in [-0.25, -0.2) is 0 Å². The van der Waals surface area contributed by atoms with E-state index >= 15 is 0 Å². The maximum Gasteiger partial charge on any atom is 0.145 e. The molecule has 0 radical (unpaired) electrons. The van der Waals surface area contributed by atoms with Gasteiger partial charge in [-0.15, -0.1) is 0 Å². The summed E-state index contributed by atoms with van der Waals surface area (Å²) in [6.45, 7) is 9.56. The Kier molecular flexibility index (Phi) is 11.8. The van der Waals surface area contributed by atoms with Gasteiger partial charge in [-0.3, -0.25) is 4.48 Å². The van der Waals surface area contributed by atoms with Crippen molar-refractivity contribution in [3.63, 3.8) is 0 Å². The molecule has 0 amide bonds. The van der Waals surface area contributed by atoms with Gasteiger partial charge in [0, 0.05) is 6.42 Å². The molecule has 1 unspecified atom stereocenters. The SMILES string of the molecule is CCCCCC/C(O)=C/[N+](CCCC)(CCCC)C(C)C(=O)[O-]. The molecule has 1 N–H and O–H groups in total. The minimum atomic E-state index is -1.03. The van der Waals surface area contributed by atoms with Crippen LogP contribution in [-0.2, 0) is 4.79 Å². The van der Waals surface area contributed by atoms with Crippen LogP contribution in [0, 0.1) is 0 Å². The average Bonchev–Trinajstić information content (AvgIpc) is 2.53. The Bertz CT molecular complexity index is 345. The number of carboxylic acid groups (broad SMARTS) is 1. The average molecular weight is 328 g/mol. The topological polar surface area (TPSA) is 60.4 Å². The number of carbonyl (C=O) groups excluding carboxylic acids is 1. The van der Waals surface area contributed by atoms with E-state index < -0.39 is 12.0 Å². The van der Waals surface area contributed by atoms with Crippen molar-refractivity contribution < 1.29 is 19.5 Å². The predicted molar refractivity (Wildman–Crippen MR) is 93.8 cm³/mol. The van der Waals surface area contributed by atoms with Crippen molar-refractivity contribution >= 4 is 5.97 Å². The predicted octanol–water partition coefficient (Wildman–Crippen LogP) is 3.91. The number of hydrogen-bond donors (Lipinski definition) is 1. The molecule has 0 aliphatic carbocycles. The van der Waals surface area contributed by atoms with Crippen LogP contribution in [0.3, 0.4) is 0 Å². The lowest BCUT2D eigenvalue weighted by Gasteiger charge is -2.41. The zero-order valence-corrected chi connectivity index (χ0v) is 15.6. The Labute approximate surface area is 142 Å². The molecule has 0 aliphatic heterocycles. The van der Waals surface area contributed by atoms with Crippen molar-refractivity contribution in [3.8, 4) is 0 Å². The summed E-state index contributed by atoms with van der Waals surface area (Å²) in [6.07, 6.45) is 10.8. The first-order chi connectivity index (χ1) is 10.9. The molecule has 0 bridgehead atoms. The fourth-order valence-electron chi connectivity index (χ4n) is 2.95. The van der Waals surface area contributed by atoms with Gasteiger partial charge in [0.1, 0.15) is 18.0 Å². The highest BCUT2D eigenvalue weighted by Crippen LogP contribution is 2.22. The zero-order valence-electron chi connectivity index (χ0n) is 15.6. The normalized spacial score (nSPS) is 14.0. The fraction of sp³-hybridized carbons (Fsp3) is 0.842. The highest BCUT2D eigenvalue weighted by molar-refractivity contribution is 5.69. The molecule has 23 heavy (non-hydrogen) atoms. The van der Waals surface area contributed by atoms with Crippen LogP contribution >= 0.6 is 0 Å². The van der Waals surface area contributed by atoms with Crippen LogP contribution in [0.25, 0.3) is 0 Å². The smallest absolute Gasteiger partial charge is 0.145 e. The van der Waals surface area contributed by atoms with Gasteiger partial charge >= 0.3 is 0 Å². The van der Waals surface area contributed by atoms with Crippen LogP contribution in [0.5, 0.6) is 0 Å². The second kappa shape index (κ2) is 12.4. The largest absolute Gasteiger partial charge is 0.544 e. The van der Waals surface area contributed by atoms with E-state index in [2.05, 4.69) is 20.8 Å². The van der Waals surface area contributed by atoms with E-state index in [1.54, 1.807) is 13.1 Å². The lowest BCUT2D eigenvalue weighted by atomic mass is 10.1. The second-order valence-corrected chi connectivity index (χ2v) is 6.68. The van der Waals surface area contributed by atoms with E-state index in [1.807, 2.05) is 0 Å². The van der Waals surface area contributed by atoms with Crippen molar-refractivity contribution in [3.05, 3.63) is 12.0 Å². The van der Waals surface area contributed by atoms with E-state index in [0.29, 0.717) is 16.7 Å². The molecule has 0 aromatic heterocycles. The first kappa shape index (κ1) is 22.0. The Morgan fingerprint density at radius 2 is 1.52 bits per heavy atom. The van der Waals surface area contributed by atoms with Crippen LogP contribution < -0.4 is 5.11 Å². The molecule has 4 nitrogen and oxygen atoms in total. The Morgan fingerprint density at radius 1 is 1.00 bits per heavy atom. The first-order valence-corrected chi connectivity index (χ1v) is 9.41. The quantitative estimate of drug-likeness (QED) is 0.299. The minimum Gasteiger partial charge on any atom is -0.544 e. The number of carbonyl (C=O) groups is 1. The number of aliphatic hydroxyl groups excluding tert-OH is 1. The molecule has 0 saturated carbocycles. The molecule has 0 aromatic rings. The molecule has 136 valence electrons. The number of carboxylic acids is 1. The fourth-order valence-corrected chi connectivity index (χ4v) is 2.95. The maximum atomic E-state index is 11.5. The van der Waals surface area contributed by atoms with Gasteiger partial charge < -0.3 is 15.0 Å². The van der Waals surface area contributed by atoms with Crippen LogP contribution in [0.2, 0.25) is 0 Å². The van der Waals surface area contributed by atoms with Crippen molar-refractivity contribution in [1.29, 1.82) is 0 Å². The number of allylic oxidation sites excluding steroid dienone is 1. The molecule has 0 saturated heterocycles. The Morgan fingerprint density at radius 3 is 1.96 bits per heavy atom. The summed E-state index contributed by atoms with van der Waals surface area (Å²) in [5.74, 6) is -0.700. The van der Waals surface area contributed by atoms with Gasteiger partial charge in [0.25, 0.3) is 0 Å². The molecule has 0 fully saturated rings. The van der Waals surface area contributed by atoms with Crippen LogP contribution in [-0.4, -0.2) is 34.7 Å². The van der Waals surface area contributed by atoms with Gasteiger partial charge in [0.05, 0.1) is 19.1 Å². The number of unbranched alkanes of at least 4 members (excludes halogenated alkanes) is 5. The summed E-state index contributed by atoms with van der Waals surface area (Å²) < 4.78 is 0.309. The summed E-state index contributed by atoms with van der Waals surface area (Å²) in [5, 5.41) is 21.9. The molecular weight excluding hydrogens is 290 g/mol. The third-order valence-corrected chi connectivity index (χ3v) is 4.66. The number of nitrogens with zero attached hydrogens (tertiary/aromatic N) is 1. The molecule has 0 rings (SSSR count). The zero-order chi connectivity index (χ0) is 17.7. The van der Waals surface area contributed by atoms with E-state index in [0.717, 1.165) is 51.6 Å². The first-order valence-electron chi connectivity index (χ1n) is 9.41. The van der Waals surface area contributed by atoms with Gasteiger partial charge in [-0.2, -0.15) is 0 Å². The Balaban J connectivity index is 5.20. The minimum absolute atomic E-state index is 0.309. The molecule has 1 atom stereocenters. The lowest BCUT2D eigenvalue weighted by Crippen LogP contribution is -2.58. The number of hydrogen-bond acceptors (Lipinski definition) is 3. The summed E-state index contributed by atoms with van der Waals surface area (Å²) in [5.41, 5.74) is 0. The standard InChI is InChI=1S/C19H37NO3/c1-5-8-11-12-13-18(21)16-20(14-9-6-2,15-10-7-3)17(4)19(22)23/h16-17H,5-15H2,1-4H3,(H-,21,22,23)/b18-16-. The molecule has 0 heterocycles. The monoisotopic (exact) mass is 327 g/mol. The van der Waals surface area contributed by atoms with Gasteiger partial charge in [-0.1, -0.05) is 52.9 Å². The molecule has 0 spiro atoms. The molecule has 4 heteroatoms. The van der Waals surface area contributed by atoms with Crippen LogP contribution in [0.1, 0.15) is 85.5 Å². The number of aliphatic carboxylic acids is 1. The number of quaternary nitrogens is 1. The lowest BCUT2D eigenvalue weighted by molar-refractivity contribution is -0.897. The maximum absolute atomic E-state index is 11.5. The summed E-state index contributed by atoms with van der Waals surface area (Å²) >= 11 is 0. The van der Waals surface area contributed by atoms with Crippen LogP contribution in [0.4, 0.5) is 0 Å². The highest BCUT2D eigenvalue weighted by atomic mass is 16.4. The summed E-state index contributed by atoms with van der Waals surface area (Å²) in [4.78, 5) is 11.5.